The monoisotopic (exact) mass is 162 g/mol. The fourth-order valence-corrected chi connectivity index (χ4v) is 1.79. The van der Waals surface area contributed by atoms with Crippen molar-refractivity contribution in [3.8, 4) is 0 Å². The Labute approximate surface area is 68.2 Å². The van der Waals surface area contributed by atoms with Crippen molar-refractivity contribution in [2.45, 2.75) is 12.8 Å². The largest absolute Gasteiger partial charge is 0.317 e. The maximum Gasteiger partial charge on any atom is 0.00212 e. The van der Waals surface area contributed by atoms with Gasteiger partial charge in [0, 0.05) is 13.1 Å². The van der Waals surface area contributed by atoms with Crippen LogP contribution in [0.3, 0.4) is 0 Å². The van der Waals surface area contributed by atoms with E-state index in [2.05, 4.69) is 10.6 Å². The van der Waals surface area contributed by atoms with Gasteiger partial charge in [0.2, 0.25) is 0 Å². The molecule has 2 aliphatic heterocycles. The van der Waals surface area contributed by atoms with Gasteiger partial charge in [0.15, 0.2) is 0 Å². The molecule has 2 N–H and O–H groups in total. The molecule has 0 bridgehead atoms. The first-order chi connectivity index (χ1) is 4.41. The molecule has 0 aromatic rings. The Hall–Kier alpha value is 0.210. The van der Waals surface area contributed by atoms with Crippen LogP contribution in [0.2, 0.25) is 0 Å². The average Bonchev–Trinajstić information content (AvgIpc) is 1.87. The van der Waals surface area contributed by atoms with Crippen LogP contribution in [0.4, 0.5) is 0 Å². The first kappa shape index (κ1) is 8.31. The van der Waals surface area contributed by atoms with Crippen LogP contribution in [0.1, 0.15) is 12.8 Å². The van der Waals surface area contributed by atoms with Gasteiger partial charge in [-0.15, -0.1) is 12.4 Å². The molecule has 2 nitrogen and oxygen atoms in total. The van der Waals surface area contributed by atoms with Gasteiger partial charge in [0.05, 0.1) is 0 Å². The highest BCUT2D eigenvalue weighted by atomic mass is 35.5. The second-order valence-corrected chi connectivity index (χ2v) is 3.35. The van der Waals surface area contributed by atoms with Crippen molar-refractivity contribution >= 4 is 12.4 Å². The van der Waals surface area contributed by atoms with Crippen molar-refractivity contribution in [3.63, 3.8) is 0 Å². The van der Waals surface area contributed by atoms with Crippen LogP contribution in [0, 0.1) is 5.41 Å². The van der Waals surface area contributed by atoms with E-state index in [-0.39, 0.29) is 12.4 Å². The Balaban J connectivity index is 0.000000500. The lowest BCUT2D eigenvalue weighted by Gasteiger charge is -2.45. The first-order valence-corrected chi connectivity index (χ1v) is 3.83. The van der Waals surface area contributed by atoms with Crippen LogP contribution in [-0.4, -0.2) is 26.2 Å². The van der Waals surface area contributed by atoms with E-state index in [0.29, 0.717) is 0 Å². The van der Waals surface area contributed by atoms with Gasteiger partial charge in [-0.25, -0.2) is 0 Å². The molecule has 60 valence electrons. The summed E-state index contributed by atoms with van der Waals surface area (Å²) in [6.45, 7) is 5.02. The zero-order chi connectivity index (χ0) is 6.16. The van der Waals surface area contributed by atoms with Crippen molar-refractivity contribution in [2.75, 3.05) is 26.2 Å². The lowest BCUT2D eigenvalue weighted by atomic mass is 9.74. The molecule has 2 saturated heterocycles. The molecule has 0 unspecified atom stereocenters. The minimum absolute atomic E-state index is 0. The van der Waals surface area contributed by atoms with E-state index < -0.39 is 0 Å². The smallest absolute Gasteiger partial charge is 0.00212 e. The Morgan fingerprint density at radius 1 is 0.900 bits per heavy atom. The number of halogens is 1. The summed E-state index contributed by atoms with van der Waals surface area (Å²) in [7, 11) is 0. The van der Waals surface area contributed by atoms with E-state index in [1.165, 1.54) is 39.0 Å². The van der Waals surface area contributed by atoms with Gasteiger partial charge in [0.1, 0.15) is 0 Å². The molecule has 0 amide bonds. The maximum absolute atomic E-state index is 3.38. The zero-order valence-electron chi connectivity index (χ0n) is 6.15. The van der Waals surface area contributed by atoms with E-state index in [1.54, 1.807) is 0 Å². The van der Waals surface area contributed by atoms with Gasteiger partial charge in [-0.05, 0) is 31.3 Å². The highest BCUT2D eigenvalue weighted by Gasteiger charge is 2.37. The fourth-order valence-electron chi connectivity index (χ4n) is 1.79. The highest BCUT2D eigenvalue weighted by molar-refractivity contribution is 5.85. The van der Waals surface area contributed by atoms with Crippen LogP contribution < -0.4 is 10.6 Å². The summed E-state index contributed by atoms with van der Waals surface area (Å²) < 4.78 is 0. The quantitative estimate of drug-likeness (QED) is 0.539. The van der Waals surface area contributed by atoms with Crippen molar-refractivity contribution in [1.29, 1.82) is 0 Å². The molecule has 0 aromatic heterocycles. The summed E-state index contributed by atoms with van der Waals surface area (Å²) in [5.41, 5.74) is 0.727. The van der Waals surface area contributed by atoms with E-state index >= 15 is 0 Å². The minimum Gasteiger partial charge on any atom is -0.317 e. The van der Waals surface area contributed by atoms with E-state index in [0.717, 1.165) is 5.41 Å². The average molecular weight is 163 g/mol. The molecule has 2 rings (SSSR count). The predicted octanol–water partition coefficient (Wildman–Crippen LogP) is 0.381. The summed E-state index contributed by atoms with van der Waals surface area (Å²) in [6.07, 6.45) is 2.78. The topological polar surface area (TPSA) is 24.1 Å². The molecule has 0 aromatic carbocycles. The van der Waals surface area contributed by atoms with Crippen molar-refractivity contribution in [2.24, 2.45) is 5.41 Å². The van der Waals surface area contributed by atoms with Gasteiger partial charge < -0.3 is 10.6 Å². The standard InChI is InChI=1S/C7H14N2.ClH/c1-3-8-4-2-7(1)5-9-6-7;/h8-9H,1-6H2;1H. The fraction of sp³-hybridized carbons (Fsp3) is 1.00. The third kappa shape index (κ3) is 1.29. The number of piperidine rings is 1. The Morgan fingerprint density at radius 3 is 1.80 bits per heavy atom. The van der Waals surface area contributed by atoms with Crippen molar-refractivity contribution < 1.29 is 0 Å². The van der Waals surface area contributed by atoms with E-state index in [9.17, 15) is 0 Å². The molecule has 3 heteroatoms. The van der Waals surface area contributed by atoms with Crippen LogP contribution in [-0.2, 0) is 0 Å². The zero-order valence-corrected chi connectivity index (χ0v) is 6.97. The lowest BCUT2D eigenvalue weighted by molar-refractivity contribution is 0.116. The lowest BCUT2D eigenvalue weighted by Crippen LogP contribution is -2.57. The molecule has 0 aliphatic carbocycles. The molecule has 0 atom stereocenters. The summed E-state index contributed by atoms with van der Waals surface area (Å²) in [5.74, 6) is 0. The molecule has 2 aliphatic rings. The van der Waals surface area contributed by atoms with Crippen LogP contribution in [0.5, 0.6) is 0 Å². The molecule has 2 fully saturated rings. The van der Waals surface area contributed by atoms with Gasteiger partial charge in [-0.2, -0.15) is 0 Å². The minimum atomic E-state index is 0. The summed E-state index contributed by atoms with van der Waals surface area (Å²) in [4.78, 5) is 0. The third-order valence-corrected chi connectivity index (χ3v) is 2.66. The SMILES string of the molecule is C1CC2(CCN1)CNC2.Cl. The van der Waals surface area contributed by atoms with E-state index in [4.69, 9.17) is 0 Å². The number of rotatable bonds is 0. The normalized spacial score (nSPS) is 28.8. The van der Waals surface area contributed by atoms with Gasteiger partial charge in [0.25, 0.3) is 0 Å². The third-order valence-electron chi connectivity index (χ3n) is 2.66. The Kier molecular flexibility index (Phi) is 2.55. The Morgan fingerprint density at radius 2 is 1.50 bits per heavy atom. The number of hydrogen-bond donors (Lipinski definition) is 2. The van der Waals surface area contributed by atoms with E-state index in [1.807, 2.05) is 0 Å². The maximum atomic E-state index is 3.38. The summed E-state index contributed by atoms with van der Waals surface area (Å²) >= 11 is 0. The predicted molar refractivity (Wildman–Crippen MR) is 44.7 cm³/mol. The van der Waals surface area contributed by atoms with Crippen molar-refractivity contribution in [1.82, 2.24) is 10.6 Å². The molecular formula is C7H15ClN2. The highest BCUT2D eigenvalue weighted by Crippen LogP contribution is 2.31. The van der Waals surface area contributed by atoms with Crippen LogP contribution in [0.15, 0.2) is 0 Å². The molecule has 2 heterocycles. The second kappa shape index (κ2) is 3.07. The molecule has 1 spiro atoms. The second-order valence-electron chi connectivity index (χ2n) is 3.35. The Bertz CT molecular complexity index is 104. The number of hydrogen-bond acceptors (Lipinski definition) is 2. The first-order valence-electron chi connectivity index (χ1n) is 3.83. The summed E-state index contributed by atoms with van der Waals surface area (Å²) in [5, 5.41) is 6.72. The molecular weight excluding hydrogens is 148 g/mol. The molecule has 0 radical (unpaired) electrons. The van der Waals surface area contributed by atoms with Crippen LogP contribution in [0.25, 0.3) is 0 Å². The van der Waals surface area contributed by atoms with Gasteiger partial charge in [-0.3, -0.25) is 0 Å². The molecule has 10 heavy (non-hydrogen) atoms. The molecule has 0 saturated carbocycles. The van der Waals surface area contributed by atoms with Crippen molar-refractivity contribution in [3.05, 3.63) is 0 Å². The number of nitrogens with one attached hydrogen (secondary N) is 2. The summed E-state index contributed by atoms with van der Waals surface area (Å²) in [6, 6.07) is 0. The van der Waals surface area contributed by atoms with Crippen LogP contribution >= 0.6 is 12.4 Å². The van der Waals surface area contributed by atoms with Gasteiger partial charge in [-0.1, -0.05) is 0 Å². The van der Waals surface area contributed by atoms with Gasteiger partial charge >= 0.3 is 0 Å².